The molecule has 0 spiro atoms. The zero-order valence-electron chi connectivity index (χ0n) is 8.21. The second kappa shape index (κ2) is 4.67. The van der Waals surface area contributed by atoms with Gasteiger partial charge < -0.3 is 9.84 Å². The molecule has 1 atom stereocenters. The Hall–Kier alpha value is -2.02. The van der Waals surface area contributed by atoms with Crippen molar-refractivity contribution in [2.24, 2.45) is 0 Å². The van der Waals surface area contributed by atoms with E-state index in [1.165, 1.54) is 0 Å². The maximum absolute atomic E-state index is 13.3. The van der Waals surface area contributed by atoms with Crippen molar-refractivity contribution in [2.45, 2.75) is 6.10 Å². The minimum atomic E-state index is -1.79. The van der Waals surface area contributed by atoms with Crippen LogP contribution in [0.4, 0.5) is 10.1 Å². The number of aliphatic hydroxyl groups excluding tert-OH is 1. The summed E-state index contributed by atoms with van der Waals surface area (Å²) in [6.45, 7) is 0. The van der Waals surface area contributed by atoms with Crippen molar-refractivity contribution < 1.29 is 24.0 Å². The summed E-state index contributed by atoms with van der Waals surface area (Å²) >= 11 is 0. The van der Waals surface area contributed by atoms with Crippen LogP contribution in [0.1, 0.15) is 11.7 Å². The smallest absolute Gasteiger partial charge is 0.339 e. The van der Waals surface area contributed by atoms with Gasteiger partial charge in [-0.3, -0.25) is 10.1 Å². The lowest BCUT2D eigenvalue weighted by Gasteiger charge is -2.08. The quantitative estimate of drug-likeness (QED) is 0.473. The minimum Gasteiger partial charge on any atom is -0.467 e. The highest BCUT2D eigenvalue weighted by molar-refractivity contribution is 5.76. The van der Waals surface area contributed by atoms with Gasteiger partial charge in [0.2, 0.25) is 0 Å². The highest BCUT2D eigenvalue weighted by atomic mass is 19.1. The van der Waals surface area contributed by atoms with Crippen LogP contribution in [0.25, 0.3) is 0 Å². The number of rotatable bonds is 3. The molecule has 0 aliphatic heterocycles. The fourth-order valence-electron chi connectivity index (χ4n) is 1.09. The lowest BCUT2D eigenvalue weighted by atomic mass is 10.1. The van der Waals surface area contributed by atoms with Gasteiger partial charge in [0.05, 0.1) is 18.1 Å². The monoisotopic (exact) mass is 229 g/mol. The van der Waals surface area contributed by atoms with Crippen molar-refractivity contribution in [3.05, 3.63) is 39.7 Å². The number of carbonyl (C=O) groups excluding carboxylic acids is 1. The van der Waals surface area contributed by atoms with E-state index in [-0.39, 0.29) is 5.56 Å². The van der Waals surface area contributed by atoms with E-state index < -0.39 is 28.5 Å². The largest absolute Gasteiger partial charge is 0.467 e. The first-order chi connectivity index (χ1) is 7.47. The molecule has 0 fully saturated rings. The number of carbonyl (C=O) groups is 1. The van der Waals surface area contributed by atoms with Crippen molar-refractivity contribution in [1.29, 1.82) is 0 Å². The predicted molar refractivity (Wildman–Crippen MR) is 50.0 cm³/mol. The normalized spacial score (nSPS) is 11.9. The first-order valence-electron chi connectivity index (χ1n) is 4.17. The second-order valence-electron chi connectivity index (χ2n) is 2.89. The van der Waals surface area contributed by atoms with Crippen molar-refractivity contribution in [3.8, 4) is 0 Å². The first kappa shape index (κ1) is 12.1. The molecule has 16 heavy (non-hydrogen) atoms. The van der Waals surface area contributed by atoms with Crippen LogP contribution in [0.3, 0.4) is 0 Å². The molecule has 1 rings (SSSR count). The molecule has 1 aromatic carbocycles. The fraction of sp³-hybridized carbons (Fsp3) is 0.222. The van der Waals surface area contributed by atoms with Crippen LogP contribution in [0.2, 0.25) is 0 Å². The Kier molecular flexibility index (Phi) is 3.51. The third-order valence-corrected chi connectivity index (χ3v) is 1.91. The summed E-state index contributed by atoms with van der Waals surface area (Å²) in [7, 11) is 1.04. The number of hydrogen-bond acceptors (Lipinski definition) is 5. The van der Waals surface area contributed by atoms with E-state index in [0.29, 0.717) is 6.07 Å². The van der Waals surface area contributed by atoms with Crippen LogP contribution in [-0.2, 0) is 9.53 Å². The topological polar surface area (TPSA) is 89.7 Å². The lowest BCUT2D eigenvalue weighted by Crippen LogP contribution is -2.14. The molecule has 7 heteroatoms. The summed E-state index contributed by atoms with van der Waals surface area (Å²) in [4.78, 5) is 20.4. The Balaban J connectivity index is 3.08. The number of ether oxygens (including phenoxy) is 1. The molecule has 0 aliphatic carbocycles. The van der Waals surface area contributed by atoms with E-state index in [0.717, 1.165) is 19.2 Å². The van der Waals surface area contributed by atoms with Crippen LogP contribution in [-0.4, -0.2) is 23.1 Å². The molecule has 86 valence electrons. The van der Waals surface area contributed by atoms with E-state index in [1.54, 1.807) is 0 Å². The van der Waals surface area contributed by atoms with Gasteiger partial charge in [-0.1, -0.05) is 0 Å². The highest BCUT2D eigenvalue weighted by Gasteiger charge is 2.23. The Morgan fingerprint density at radius 3 is 2.69 bits per heavy atom. The Labute approximate surface area is 89.4 Å². The van der Waals surface area contributed by atoms with E-state index >= 15 is 0 Å². The van der Waals surface area contributed by atoms with Gasteiger partial charge in [-0.05, 0) is 6.07 Å². The molecule has 6 nitrogen and oxygen atoms in total. The predicted octanol–water partition coefficient (Wildman–Crippen LogP) is 0.940. The molecule has 0 radical (unpaired) electrons. The molecule has 0 saturated carbocycles. The minimum absolute atomic E-state index is 0.363. The van der Waals surface area contributed by atoms with E-state index in [9.17, 15) is 24.4 Å². The summed E-state index contributed by atoms with van der Waals surface area (Å²) in [5.74, 6) is -2.07. The molecule has 0 bridgehead atoms. The Morgan fingerprint density at radius 1 is 1.62 bits per heavy atom. The average Bonchev–Trinajstić information content (AvgIpc) is 2.26. The lowest BCUT2D eigenvalue weighted by molar-refractivity contribution is -0.385. The third kappa shape index (κ3) is 2.31. The van der Waals surface area contributed by atoms with E-state index in [4.69, 9.17) is 0 Å². The third-order valence-electron chi connectivity index (χ3n) is 1.91. The molecular formula is C9H8FNO5. The molecule has 1 unspecified atom stereocenters. The number of aliphatic hydroxyl groups is 1. The van der Waals surface area contributed by atoms with Crippen LogP contribution in [0.15, 0.2) is 18.2 Å². The number of nitro groups is 1. The number of nitro benzene ring substituents is 1. The number of hydrogen-bond donors (Lipinski definition) is 1. The van der Waals surface area contributed by atoms with Crippen molar-refractivity contribution in [2.75, 3.05) is 7.11 Å². The number of benzene rings is 1. The summed E-state index contributed by atoms with van der Waals surface area (Å²) in [6.07, 6.45) is -1.79. The molecule has 1 N–H and O–H groups in total. The summed E-state index contributed by atoms with van der Waals surface area (Å²) < 4.78 is 17.5. The van der Waals surface area contributed by atoms with Gasteiger partial charge in [-0.2, -0.15) is 0 Å². The zero-order valence-corrected chi connectivity index (χ0v) is 8.21. The maximum Gasteiger partial charge on any atom is 0.339 e. The first-order valence-corrected chi connectivity index (χ1v) is 4.17. The summed E-state index contributed by atoms with van der Waals surface area (Å²) in [5, 5.41) is 19.6. The van der Waals surface area contributed by atoms with E-state index in [1.807, 2.05) is 0 Å². The van der Waals surface area contributed by atoms with Gasteiger partial charge in [-0.25, -0.2) is 9.18 Å². The van der Waals surface area contributed by atoms with Crippen LogP contribution in [0.5, 0.6) is 0 Å². The van der Waals surface area contributed by atoms with Gasteiger partial charge >= 0.3 is 5.97 Å². The number of non-ortho nitro benzene ring substituents is 1. The molecule has 0 amide bonds. The van der Waals surface area contributed by atoms with Gasteiger partial charge in [-0.15, -0.1) is 0 Å². The Morgan fingerprint density at radius 2 is 2.25 bits per heavy atom. The van der Waals surface area contributed by atoms with Crippen LogP contribution < -0.4 is 0 Å². The Bertz CT molecular complexity index is 434. The maximum atomic E-state index is 13.3. The number of halogens is 1. The zero-order chi connectivity index (χ0) is 12.3. The molecule has 0 heterocycles. The van der Waals surface area contributed by atoms with Crippen LogP contribution >= 0.6 is 0 Å². The van der Waals surface area contributed by atoms with Gasteiger partial charge in [0.15, 0.2) is 6.10 Å². The second-order valence-corrected chi connectivity index (χ2v) is 2.89. The molecule has 0 aliphatic rings. The van der Waals surface area contributed by atoms with Crippen molar-refractivity contribution >= 4 is 11.7 Å². The van der Waals surface area contributed by atoms with Gasteiger partial charge in [0.1, 0.15) is 5.82 Å². The van der Waals surface area contributed by atoms with E-state index in [2.05, 4.69) is 4.74 Å². The number of nitrogens with zero attached hydrogens (tertiary/aromatic N) is 1. The molecule has 0 aromatic heterocycles. The standard InChI is InChI=1S/C9H8FNO5/c1-16-9(13)8(12)6-3-2-5(11(14)15)4-7(6)10/h2-4,8,12H,1H3. The fourth-order valence-corrected chi connectivity index (χ4v) is 1.09. The van der Waals surface area contributed by atoms with Crippen molar-refractivity contribution in [1.82, 2.24) is 0 Å². The molecule has 1 aromatic rings. The van der Waals surface area contributed by atoms with Crippen LogP contribution in [0, 0.1) is 15.9 Å². The van der Waals surface area contributed by atoms with Gasteiger partial charge in [0.25, 0.3) is 5.69 Å². The summed E-state index contributed by atoms with van der Waals surface area (Å²) in [6, 6.07) is 2.58. The molecule has 0 saturated heterocycles. The molecular weight excluding hydrogens is 221 g/mol. The SMILES string of the molecule is COC(=O)C(O)c1ccc([N+](=O)[O-])cc1F. The number of esters is 1. The number of methoxy groups -OCH3 is 1. The summed E-state index contributed by atoms with van der Waals surface area (Å²) in [5.41, 5.74) is -0.823. The highest BCUT2D eigenvalue weighted by Crippen LogP contribution is 2.22. The van der Waals surface area contributed by atoms with Gasteiger partial charge in [0, 0.05) is 11.6 Å². The van der Waals surface area contributed by atoms with Crippen molar-refractivity contribution in [3.63, 3.8) is 0 Å². The average molecular weight is 229 g/mol.